The molecule has 0 aromatic carbocycles. The zero-order valence-electron chi connectivity index (χ0n) is 9.83. The van der Waals surface area contributed by atoms with Crippen LogP contribution in [0.15, 0.2) is 0 Å². The summed E-state index contributed by atoms with van der Waals surface area (Å²) < 4.78 is 0. The summed E-state index contributed by atoms with van der Waals surface area (Å²) in [7, 11) is 0. The number of rotatable bonds is 11. The minimum absolute atomic E-state index is 0.341. The Bertz CT molecular complexity index is 149. The molecule has 0 fully saturated rings. The molecule has 0 aliphatic carbocycles. The monoisotopic (exact) mass is 232 g/mol. The number of unbranched alkanes of at least 4 members (excludes halogenated alkanes) is 7. The lowest BCUT2D eigenvalue weighted by atomic mass is 10.1. The van der Waals surface area contributed by atoms with Gasteiger partial charge < -0.3 is 5.11 Å². The zero-order chi connectivity index (χ0) is 11.4. The average molecular weight is 232 g/mol. The van der Waals surface area contributed by atoms with Gasteiger partial charge in [-0.15, -0.1) is 0 Å². The third-order valence-electron chi connectivity index (χ3n) is 2.49. The second-order valence-electron chi connectivity index (χ2n) is 3.96. The van der Waals surface area contributed by atoms with Gasteiger partial charge >= 0.3 is 5.97 Å². The first-order valence-corrected chi connectivity index (χ1v) is 7.37. The van der Waals surface area contributed by atoms with E-state index in [0.29, 0.717) is 6.42 Å². The molecule has 0 spiro atoms. The predicted octanol–water partition coefficient (Wildman–Crippen LogP) is 3.94. The van der Waals surface area contributed by atoms with Gasteiger partial charge in [-0.25, -0.2) is 0 Å². The Morgan fingerprint density at radius 1 is 0.933 bits per heavy atom. The molecule has 90 valence electrons. The first-order valence-electron chi connectivity index (χ1n) is 5.98. The fourth-order valence-corrected chi connectivity index (χ4v) is 2.08. The Morgan fingerprint density at radius 3 is 1.87 bits per heavy atom. The number of thioether (sulfide) groups is 1. The first kappa shape index (κ1) is 14.8. The van der Waals surface area contributed by atoms with Crippen molar-refractivity contribution < 1.29 is 9.90 Å². The molecule has 0 saturated carbocycles. The molecule has 0 amide bonds. The number of hydrogen-bond donors (Lipinski definition) is 1. The maximum absolute atomic E-state index is 10.2. The van der Waals surface area contributed by atoms with Crippen LogP contribution < -0.4 is 0 Å². The lowest BCUT2D eigenvalue weighted by Gasteiger charge is -2.00. The van der Waals surface area contributed by atoms with Crippen molar-refractivity contribution >= 4 is 17.7 Å². The molecule has 15 heavy (non-hydrogen) atoms. The summed E-state index contributed by atoms with van der Waals surface area (Å²) in [6.45, 7) is 0. The molecule has 0 radical (unpaired) electrons. The van der Waals surface area contributed by atoms with Crippen molar-refractivity contribution in [2.45, 2.75) is 57.8 Å². The van der Waals surface area contributed by atoms with Crippen molar-refractivity contribution in [3.63, 3.8) is 0 Å². The van der Waals surface area contributed by atoms with Crippen LogP contribution in [0.4, 0.5) is 0 Å². The summed E-state index contributed by atoms with van der Waals surface area (Å²) in [5.41, 5.74) is 0. The Hall–Kier alpha value is -0.180. The van der Waals surface area contributed by atoms with Gasteiger partial charge in [0.15, 0.2) is 0 Å². The van der Waals surface area contributed by atoms with Crippen LogP contribution in [-0.4, -0.2) is 23.1 Å². The molecule has 0 unspecified atom stereocenters. The molecule has 0 atom stereocenters. The van der Waals surface area contributed by atoms with E-state index < -0.39 is 5.97 Å². The molecular weight excluding hydrogens is 208 g/mol. The van der Waals surface area contributed by atoms with E-state index in [1.54, 1.807) is 0 Å². The van der Waals surface area contributed by atoms with E-state index in [1.807, 2.05) is 11.8 Å². The fourth-order valence-electron chi connectivity index (χ4n) is 1.58. The van der Waals surface area contributed by atoms with E-state index in [1.165, 1.54) is 44.3 Å². The number of carboxylic acid groups (broad SMARTS) is 1. The molecule has 0 rings (SSSR count). The van der Waals surface area contributed by atoms with E-state index in [-0.39, 0.29) is 0 Å². The Balaban J connectivity index is 2.89. The van der Waals surface area contributed by atoms with Crippen molar-refractivity contribution in [2.24, 2.45) is 0 Å². The van der Waals surface area contributed by atoms with Gasteiger partial charge in [0.2, 0.25) is 0 Å². The van der Waals surface area contributed by atoms with Crippen LogP contribution in [0, 0.1) is 0 Å². The molecule has 1 N–H and O–H groups in total. The largest absolute Gasteiger partial charge is 0.481 e. The quantitative estimate of drug-likeness (QED) is 0.548. The standard InChI is InChI=1S/C12H24O2S/c1-15-11-9-7-5-3-2-4-6-8-10-12(13)14/h2-11H2,1H3,(H,13,14). The smallest absolute Gasteiger partial charge is 0.303 e. The van der Waals surface area contributed by atoms with Crippen LogP contribution in [0.5, 0.6) is 0 Å². The highest BCUT2D eigenvalue weighted by molar-refractivity contribution is 7.98. The second-order valence-corrected chi connectivity index (χ2v) is 4.95. The summed E-state index contributed by atoms with van der Waals surface area (Å²) in [4.78, 5) is 10.2. The molecule has 0 bridgehead atoms. The Morgan fingerprint density at radius 2 is 1.40 bits per heavy atom. The highest BCUT2D eigenvalue weighted by atomic mass is 32.2. The van der Waals surface area contributed by atoms with Crippen LogP contribution in [-0.2, 0) is 4.79 Å². The van der Waals surface area contributed by atoms with Crippen LogP contribution >= 0.6 is 11.8 Å². The molecule has 0 aliphatic heterocycles. The van der Waals surface area contributed by atoms with Crippen molar-refractivity contribution in [2.75, 3.05) is 12.0 Å². The van der Waals surface area contributed by atoms with E-state index in [4.69, 9.17) is 5.11 Å². The van der Waals surface area contributed by atoms with E-state index in [2.05, 4.69) is 6.26 Å². The molecule has 0 heterocycles. The van der Waals surface area contributed by atoms with Gasteiger partial charge in [-0.3, -0.25) is 4.79 Å². The molecule has 3 heteroatoms. The van der Waals surface area contributed by atoms with Gasteiger partial charge in [-0.1, -0.05) is 38.5 Å². The molecule has 0 saturated heterocycles. The van der Waals surface area contributed by atoms with Gasteiger partial charge in [-0.05, 0) is 24.9 Å². The number of aliphatic carboxylic acids is 1. The number of carbonyl (C=O) groups is 1. The maximum atomic E-state index is 10.2. The third kappa shape index (κ3) is 13.8. The van der Waals surface area contributed by atoms with Crippen molar-refractivity contribution in [1.82, 2.24) is 0 Å². The summed E-state index contributed by atoms with van der Waals surface area (Å²) in [6, 6.07) is 0. The van der Waals surface area contributed by atoms with Gasteiger partial charge in [0.25, 0.3) is 0 Å². The van der Waals surface area contributed by atoms with E-state index in [0.717, 1.165) is 12.8 Å². The maximum Gasteiger partial charge on any atom is 0.303 e. The molecule has 2 nitrogen and oxygen atoms in total. The normalized spacial score (nSPS) is 10.5. The zero-order valence-corrected chi connectivity index (χ0v) is 10.7. The molecule has 0 aromatic heterocycles. The molecule has 0 aliphatic rings. The second kappa shape index (κ2) is 11.9. The van der Waals surface area contributed by atoms with E-state index in [9.17, 15) is 4.79 Å². The lowest BCUT2D eigenvalue weighted by molar-refractivity contribution is -0.137. The summed E-state index contributed by atoms with van der Waals surface area (Å²) in [5, 5.41) is 8.43. The number of hydrogen-bond acceptors (Lipinski definition) is 2. The Kier molecular flexibility index (Phi) is 11.7. The predicted molar refractivity (Wildman–Crippen MR) is 67.6 cm³/mol. The van der Waals surface area contributed by atoms with Crippen molar-refractivity contribution in [3.8, 4) is 0 Å². The summed E-state index contributed by atoms with van der Waals surface area (Å²) in [5.74, 6) is 0.630. The fraction of sp³-hybridized carbons (Fsp3) is 0.917. The van der Waals surface area contributed by atoms with Crippen LogP contribution in [0.1, 0.15) is 57.8 Å². The highest BCUT2D eigenvalue weighted by Gasteiger charge is 1.96. The van der Waals surface area contributed by atoms with Crippen molar-refractivity contribution in [3.05, 3.63) is 0 Å². The number of carboxylic acids is 1. The summed E-state index contributed by atoms with van der Waals surface area (Å²) >= 11 is 1.92. The third-order valence-corrected chi connectivity index (χ3v) is 3.19. The van der Waals surface area contributed by atoms with Crippen molar-refractivity contribution in [1.29, 1.82) is 0 Å². The minimum atomic E-state index is -0.660. The lowest BCUT2D eigenvalue weighted by Crippen LogP contribution is -1.93. The highest BCUT2D eigenvalue weighted by Crippen LogP contribution is 2.10. The van der Waals surface area contributed by atoms with Gasteiger partial charge in [0.1, 0.15) is 0 Å². The molecule has 0 aromatic rings. The Labute approximate surface area is 97.8 Å². The average Bonchev–Trinajstić information content (AvgIpc) is 2.20. The van der Waals surface area contributed by atoms with Crippen LogP contribution in [0.2, 0.25) is 0 Å². The van der Waals surface area contributed by atoms with Gasteiger partial charge in [-0.2, -0.15) is 11.8 Å². The minimum Gasteiger partial charge on any atom is -0.481 e. The van der Waals surface area contributed by atoms with Gasteiger partial charge in [0, 0.05) is 6.42 Å². The van der Waals surface area contributed by atoms with Crippen LogP contribution in [0.25, 0.3) is 0 Å². The van der Waals surface area contributed by atoms with Gasteiger partial charge in [0.05, 0.1) is 0 Å². The topological polar surface area (TPSA) is 37.3 Å². The molecular formula is C12H24O2S. The van der Waals surface area contributed by atoms with Crippen LogP contribution in [0.3, 0.4) is 0 Å². The summed E-state index contributed by atoms with van der Waals surface area (Å²) in [6.07, 6.45) is 12.3. The van der Waals surface area contributed by atoms with E-state index >= 15 is 0 Å². The first-order chi connectivity index (χ1) is 7.27. The SMILES string of the molecule is CSCCCCCCCCCCC(=O)O.